The van der Waals surface area contributed by atoms with Crippen LogP contribution in [-0.4, -0.2) is 141 Å². The second-order valence-electron chi connectivity index (χ2n) is 16.5. The van der Waals surface area contributed by atoms with Gasteiger partial charge < -0.3 is 45.3 Å². The summed E-state index contributed by atoms with van der Waals surface area (Å²) in [5.41, 5.74) is 6.71. The zero-order valence-electron chi connectivity index (χ0n) is 37.2. The number of hydrogen-bond acceptors (Lipinski definition) is 10. The average Bonchev–Trinajstić information content (AvgIpc) is 3.68. The lowest BCUT2D eigenvalue weighted by Crippen LogP contribution is -2.61. The van der Waals surface area contributed by atoms with E-state index in [4.69, 9.17) is 19.9 Å². The highest BCUT2D eigenvalue weighted by molar-refractivity contribution is 5.93. The first-order valence-corrected chi connectivity index (χ1v) is 20.6. The number of hydrogen-bond donors (Lipinski definition) is 3. The van der Waals surface area contributed by atoms with Crippen LogP contribution < -0.4 is 16.4 Å². The van der Waals surface area contributed by atoms with Gasteiger partial charge in [-0.05, 0) is 43.1 Å². The number of carbonyl (C=O) groups is 6. The third kappa shape index (κ3) is 13.0. The molecular weight excluding hydrogens is 745 g/mol. The lowest BCUT2D eigenvalue weighted by atomic mass is 9.89. The van der Waals surface area contributed by atoms with E-state index < -0.39 is 72.2 Å². The highest BCUT2D eigenvalue weighted by Crippen LogP contribution is 2.30. The molecule has 0 bridgehead atoms. The summed E-state index contributed by atoms with van der Waals surface area (Å²) in [6.45, 7) is 15.1. The zero-order chi connectivity index (χ0) is 44.0. The fourth-order valence-corrected chi connectivity index (χ4v) is 8.15. The quantitative estimate of drug-likeness (QED) is 0.147. The summed E-state index contributed by atoms with van der Waals surface area (Å²) in [6.07, 6.45) is 0.804. The van der Waals surface area contributed by atoms with Crippen molar-refractivity contribution in [3.63, 3.8) is 0 Å². The van der Waals surface area contributed by atoms with Gasteiger partial charge in [0.15, 0.2) is 0 Å². The SMILES string of the molecule is CCC(C)C(C(CC(=O)N1CCC[C@H]1C(OC)C(C)C(=O)NC(Cc1ccccc1)C(=O)OC)OC)N(C)C(=O)C(NC(=O)C(C(C)C)N(C)C(=O)C(C)N)C(C)C. The normalized spacial score (nSPS) is 18.9. The Hall–Kier alpha value is -4.08. The Morgan fingerprint density at radius 2 is 1.47 bits per heavy atom. The van der Waals surface area contributed by atoms with Crippen LogP contribution in [0.4, 0.5) is 0 Å². The number of carbonyl (C=O) groups excluding carboxylic acids is 6. The Labute approximate surface area is 346 Å². The molecule has 9 unspecified atom stereocenters. The third-order valence-electron chi connectivity index (χ3n) is 11.6. The Balaban J connectivity index is 2.31. The standard InChI is InChI=1S/C43H72N6O9/c1-14-27(6)37(48(10)42(54)35(25(2)3)46-40(52)36(26(4)5)47(9)41(53)29(8)44)33(56-11)24-34(50)49-22-18-21-32(49)38(57-12)28(7)39(51)45-31(43(55)58-13)23-30-19-16-15-17-20-30/h15-17,19-20,25-29,31-33,35-38H,14,18,21-24,44H2,1-13H3,(H,45,51)(H,46,52)/t27?,28?,29?,31?,32-,33?,35?,36?,37?,38?/m0/s1. The molecule has 1 fully saturated rings. The number of likely N-dealkylation sites (tertiary alicyclic amines) is 1. The van der Waals surface area contributed by atoms with Crippen LogP contribution >= 0.6 is 0 Å². The summed E-state index contributed by atoms with van der Waals surface area (Å²) in [5, 5.41) is 5.78. The molecule has 1 aromatic rings. The first kappa shape index (κ1) is 50.1. The highest BCUT2D eigenvalue weighted by atomic mass is 16.5. The Bertz CT molecular complexity index is 1510. The summed E-state index contributed by atoms with van der Waals surface area (Å²) in [6, 6.07) is 4.87. The van der Waals surface area contributed by atoms with Crippen molar-refractivity contribution >= 4 is 35.5 Å². The van der Waals surface area contributed by atoms with E-state index in [1.807, 2.05) is 71.9 Å². The van der Waals surface area contributed by atoms with Crippen LogP contribution in [0.1, 0.15) is 86.6 Å². The van der Waals surface area contributed by atoms with Crippen LogP contribution in [0, 0.1) is 23.7 Å². The van der Waals surface area contributed by atoms with Crippen molar-refractivity contribution in [3.8, 4) is 0 Å². The minimum Gasteiger partial charge on any atom is -0.467 e. The van der Waals surface area contributed by atoms with E-state index in [9.17, 15) is 28.8 Å². The highest BCUT2D eigenvalue weighted by Gasteiger charge is 2.44. The van der Waals surface area contributed by atoms with Gasteiger partial charge >= 0.3 is 5.97 Å². The largest absolute Gasteiger partial charge is 0.467 e. The maximum atomic E-state index is 14.4. The number of likely N-dealkylation sites (N-methyl/N-ethyl adjacent to an activating group) is 2. The number of methoxy groups -OCH3 is 3. The van der Waals surface area contributed by atoms with E-state index in [-0.39, 0.29) is 48.3 Å². The molecule has 328 valence electrons. The predicted molar refractivity (Wildman–Crippen MR) is 222 cm³/mol. The van der Waals surface area contributed by atoms with E-state index >= 15 is 0 Å². The number of benzene rings is 1. The average molecular weight is 817 g/mol. The first-order valence-electron chi connectivity index (χ1n) is 20.6. The van der Waals surface area contributed by atoms with E-state index in [2.05, 4.69) is 10.6 Å². The number of ether oxygens (including phenoxy) is 3. The molecule has 5 amide bonds. The van der Waals surface area contributed by atoms with Crippen molar-refractivity contribution in [2.75, 3.05) is 42.0 Å². The van der Waals surface area contributed by atoms with Gasteiger partial charge in [-0.25, -0.2) is 4.79 Å². The second-order valence-corrected chi connectivity index (χ2v) is 16.5. The number of nitrogens with two attached hydrogens (primary N) is 1. The summed E-state index contributed by atoms with van der Waals surface area (Å²) >= 11 is 0. The van der Waals surface area contributed by atoms with Crippen molar-refractivity contribution in [1.82, 2.24) is 25.3 Å². The van der Waals surface area contributed by atoms with E-state index in [1.165, 1.54) is 33.3 Å². The summed E-state index contributed by atoms with van der Waals surface area (Å²) in [5.74, 6) is -3.75. The molecule has 0 aliphatic carbocycles. The first-order chi connectivity index (χ1) is 27.3. The van der Waals surface area contributed by atoms with Gasteiger partial charge in [0.1, 0.15) is 18.1 Å². The van der Waals surface area contributed by atoms with Gasteiger partial charge in [-0.3, -0.25) is 24.0 Å². The van der Waals surface area contributed by atoms with E-state index in [1.54, 1.807) is 30.7 Å². The second kappa shape index (κ2) is 23.5. The lowest BCUT2D eigenvalue weighted by Gasteiger charge is -2.41. The lowest BCUT2D eigenvalue weighted by molar-refractivity contribution is -0.149. The predicted octanol–water partition coefficient (Wildman–Crippen LogP) is 2.78. The molecule has 0 radical (unpaired) electrons. The molecule has 0 saturated carbocycles. The molecule has 1 saturated heterocycles. The molecule has 4 N–H and O–H groups in total. The number of rotatable bonds is 22. The van der Waals surface area contributed by atoms with Gasteiger partial charge in [0.25, 0.3) is 0 Å². The Morgan fingerprint density at radius 3 is 1.97 bits per heavy atom. The van der Waals surface area contributed by atoms with E-state index in [0.29, 0.717) is 25.8 Å². The number of nitrogens with one attached hydrogen (secondary N) is 2. The molecule has 1 aliphatic rings. The fourth-order valence-electron chi connectivity index (χ4n) is 8.15. The van der Waals surface area contributed by atoms with E-state index in [0.717, 1.165) is 5.56 Å². The van der Waals surface area contributed by atoms with Crippen LogP contribution in [0.15, 0.2) is 30.3 Å². The van der Waals surface area contributed by atoms with Gasteiger partial charge in [0.2, 0.25) is 29.5 Å². The molecule has 1 aromatic carbocycles. The van der Waals surface area contributed by atoms with Crippen LogP contribution in [0.25, 0.3) is 0 Å². The summed E-state index contributed by atoms with van der Waals surface area (Å²) < 4.78 is 16.9. The van der Waals surface area contributed by atoms with Crippen molar-refractivity contribution in [1.29, 1.82) is 0 Å². The van der Waals surface area contributed by atoms with Crippen molar-refractivity contribution in [2.24, 2.45) is 29.4 Å². The molecule has 0 aromatic heterocycles. The van der Waals surface area contributed by atoms with Crippen LogP contribution in [0.3, 0.4) is 0 Å². The van der Waals surface area contributed by atoms with Crippen LogP contribution in [-0.2, 0) is 49.4 Å². The summed E-state index contributed by atoms with van der Waals surface area (Å²) in [7, 11) is 7.51. The van der Waals surface area contributed by atoms with Crippen molar-refractivity contribution in [2.45, 2.75) is 136 Å². The molecule has 1 aliphatic heterocycles. The summed E-state index contributed by atoms with van der Waals surface area (Å²) in [4.78, 5) is 86.2. The molecule has 1 heterocycles. The molecule has 15 nitrogen and oxygen atoms in total. The topological polar surface area (TPSA) is 190 Å². The smallest absolute Gasteiger partial charge is 0.328 e. The van der Waals surface area contributed by atoms with Gasteiger partial charge in [0, 0.05) is 41.3 Å². The Morgan fingerprint density at radius 1 is 0.845 bits per heavy atom. The van der Waals surface area contributed by atoms with Crippen LogP contribution in [0.2, 0.25) is 0 Å². The third-order valence-corrected chi connectivity index (χ3v) is 11.6. The molecule has 0 spiro atoms. The number of nitrogens with zero attached hydrogens (tertiary/aromatic N) is 3. The molecule has 10 atom stereocenters. The molecule has 2 rings (SSSR count). The van der Waals surface area contributed by atoms with Crippen molar-refractivity contribution in [3.05, 3.63) is 35.9 Å². The van der Waals surface area contributed by atoms with Gasteiger partial charge in [0.05, 0.1) is 49.8 Å². The minimum atomic E-state index is -0.929. The van der Waals surface area contributed by atoms with Gasteiger partial charge in [-0.1, -0.05) is 85.2 Å². The van der Waals surface area contributed by atoms with Gasteiger partial charge in [-0.15, -0.1) is 0 Å². The van der Waals surface area contributed by atoms with Crippen molar-refractivity contribution < 1.29 is 43.0 Å². The molecule has 15 heteroatoms. The number of amides is 5. The van der Waals surface area contributed by atoms with Crippen LogP contribution in [0.5, 0.6) is 0 Å². The Kier molecular flexibility index (Phi) is 20.3. The number of esters is 1. The minimum absolute atomic E-state index is 0.0452. The maximum absolute atomic E-state index is 14.4. The fraction of sp³-hybridized carbons (Fsp3) is 0.721. The zero-order valence-corrected chi connectivity index (χ0v) is 37.2. The van der Waals surface area contributed by atoms with Gasteiger partial charge in [-0.2, -0.15) is 0 Å². The molecular formula is C43H72N6O9. The maximum Gasteiger partial charge on any atom is 0.328 e. The monoisotopic (exact) mass is 817 g/mol. The molecule has 58 heavy (non-hydrogen) atoms.